The number of rotatable bonds is 6. The normalized spacial score (nSPS) is 18.2. The van der Waals surface area contributed by atoms with Crippen molar-refractivity contribution in [1.82, 2.24) is 15.1 Å². The molecular weight excluding hydrogens is 354 g/mol. The van der Waals surface area contributed by atoms with Crippen molar-refractivity contribution >= 4 is 6.03 Å². The van der Waals surface area contributed by atoms with Crippen LogP contribution in [0.4, 0.5) is 4.79 Å². The zero-order valence-electron chi connectivity index (χ0n) is 16.3. The summed E-state index contributed by atoms with van der Waals surface area (Å²) in [6.45, 7) is 4.61. The van der Waals surface area contributed by atoms with E-state index in [0.29, 0.717) is 12.5 Å². The highest BCUT2D eigenvalue weighted by Gasteiger charge is 2.23. The van der Waals surface area contributed by atoms with Crippen LogP contribution in [0, 0.1) is 5.92 Å². The van der Waals surface area contributed by atoms with Gasteiger partial charge in [0.05, 0.1) is 0 Å². The Kier molecular flexibility index (Phi) is 5.67. The third-order valence-corrected chi connectivity index (χ3v) is 5.36. The van der Waals surface area contributed by atoms with Crippen LogP contribution in [0.5, 0.6) is 11.5 Å². The molecule has 2 amide bonds. The van der Waals surface area contributed by atoms with Crippen LogP contribution < -0.4 is 14.8 Å². The molecule has 0 radical (unpaired) electrons. The summed E-state index contributed by atoms with van der Waals surface area (Å²) >= 11 is 0. The molecule has 0 aromatic heterocycles. The first kappa shape index (κ1) is 18.6. The first-order valence-corrected chi connectivity index (χ1v) is 9.81. The van der Waals surface area contributed by atoms with Gasteiger partial charge in [-0.25, -0.2) is 4.79 Å². The number of likely N-dealkylation sites (tertiary alicyclic amines) is 1. The maximum atomic E-state index is 12.5. The topological polar surface area (TPSA) is 54.0 Å². The van der Waals surface area contributed by atoms with Gasteiger partial charge in [0, 0.05) is 33.2 Å². The molecule has 0 spiro atoms. The van der Waals surface area contributed by atoms with Gasteiger partial charge in [-0.05, 0) is 42.1 Å². The second-order valence-corrected chi connectivity index (χ2v) is 7.61. The lowest BCUT2D eigenvalue weighted by Gasteiger charge is -2.20. The lowest BCUT2D eigenvalue weighted by atomic mass is 10.1. The van der Waals surface area contributed by atoms with Crippen LogP contribution in [0.25, 0.3) is 0 Å². The Bertz CT molecular complexity index is 812. The number of hydrogen-bond donors (Lipinski definition) is 1. The summed E-state index contributed by atoms with van der Waals surface area (Å²) in [7, 11) is 1.82. The number of nitrogens with zero attached hydrogens (tertiary/aromatic N) is 2. The van der Waals surface area contributed by atoms with Crippen LogP contribution in [0.2, 0.25) is 0 Å². The molecule has 1 fully saturated rings. The van der Waals surface area contributed by atoms with Gasteiger partial charge in [-0.15, -0.1) is 0 Å². The number of hydrogen-bond acceptors (Lipinski definition) is 4. The highest BCUT2D eigenvalue weighted by atomic mass is 16.7. The van der Waals surface area contributed by atoms with E-state index in [1.54, 1.807) is 4.90 Å². The molecule has 1 N–H and O–H groups in total. The molecule has 2 aromatic rings. The molecule has 2 aliphatic rings. The minimum atomic E-state index is -0.0424. The summed E-state index contributed by atoms with van der Waals surface area (Å²) in [6, 6.07) is 16.3. The highest BCUT2D eigenvalue weighted by Crippen LogP contribution is 2.32. The van der Waals surface area contributed by atoms with Crippen LogP contribution in [0.15, 0.2) is 48.5 Å². The third-order valence-electron chi connectivity index (χ3n) is 5.36. The molecule has 0 unspecified atom stereocenters. The molecule has 28 heavy (non-hydrogen) atoms. The number of carbonyl (C=O) groups is 1. The maximum Gasteiger partial charge on any atom is 0.317 e. The van der Waals surface area contributed by atoms with Gasteiger partial charge in [-0.2, -0.15) is 0 Å². The lowest BCUT2D eigenvalue weighted by Crippen LogP contribution is -2.39. The highest BCUT2D eigenvalue weighted by molar-refractivity contribution is 5.73. The number of carbonyl (C=O) groups excluding carboxylic acids is 1. The quantitative estimate of drug-likeness (QED) is 0.836. The molecule has 0 aliphatic carbocycles. The molecule has 1 saturated heterocycles. The smallest absolute Gasteiger partial charge is 0.317 e. The van der Waals surface area contributed by atoms with Gasteiger partial charge in [0.15, 0.2) is 11.5 Å². The van der Waals surface area contributed by atoms with E-state index in [-0.39, 0.29) is 12.8 Å². The number of amides is 2. The van der Waals surface area contributed by atoms with Crippen molar-refractivity contribution in [3.63, 3.8) is 0 Å². The SMILES string of the molecule is CN(Cc1ccc2c(c1)OCO2)C(=O)NC[C@@H]1CCN(Cc2ccccc2)C1. The Morgan fingerprint density at radius 3 is 2.82 bits per heavy atom. The molecule has 0 bridgehead atoms. The van der Waals surface area contributed by atoms with Crippen molar-refractivity contribution in [2.75, 3.05) is 33.5 Å². The molecule has 0 saturated carbocycles. The number of fused-ring (bicyclic) bond motifs is 1. The summed E-state index contributed by atoms with van der Waals surface area (Å²) < 4.78 is 10.7. The fraction of sp³-hybridized carbons (Fsp3) is 0.409. The summed E-state index contributed by atoms with van der Waals surface area (Å²) in [6.07, 6.45) is 1.12. The molecule has 6 nitrogen and oxygen atoms in total. The van der Waals surface area contributed by atoms with Crippen LogP contribution in [0.3, 0.4) is 0 Å². The Morgan fingerprint density at radius 1 is 1.14 bits per heavy atom. The van der Waals surface area contributed by atoms with Crippen LogP contribution >= 0.6 is 0 Å². The van der Waals surface area contributed by atoms with E-state index in [1.165, 1.54) is 5.56 Å². The van der Waals surface area contributed by atoms with Gasteiger partial charge in [-0.3, -0.25) is 4.90 Å². The van der Waals surface area contributed by atoms with Gasteiger partial charge < -0.3 is 19.7 Å². The van der Waals surface area contributed by atoms with E-state index < -0.39 is 0 Å². The van der Waals surface area contributed by atoms with Crippen molar-refractivity contribution < 1.29 is 14.3 Å². The molecule has 1 atom stereocenters. The first-order chi connectivity index (χ1) is 13.7. The number of urea groups is 1. The van der Waals surface area contributed by atoms with Gasteiger partial charge in [-0.1, -0.05) is 36.4 Å². The van der Waals surface area contributed by atoms with Gasteiger partial charge >= 0.3 is 6.03 Å². The van der Waals surface area contributed by atoms with E-state index in [4.69, 9.17) is 9.47 Å². The van der Waals surface area contributed by atoms with Gasteiger partial charge in [0.2, 0.25) is 6.79 Å². The van der Waals surface area contributed by atoms with E-state index in [1.807, 2.05) is 31.3 Å². The van der Waals surface area contributed by atoms with Crippen LogP contribution in [0.1, 0.15) is 17.5 Å². The predicted molar refractivity (Wildman–Crippen MR) is 107 cm³/mol. The lowest BCUT2D eigenvalue weighted by molar-refractivity contribution is 0.174. The third kappa shape index (κ3) is 4.57. The van der Waals surface area contributed by atoms with Gasteiger partial charge in [0.1, 0.15) is 0 Å². The number of ether oxygens (including phenoxy) is 2. The second kappa shape index (κ2) is 8.52. The Balaban J connectivity index is 1.21. The minimum absolute atomic E-state index is 0.0424. The first-order valence-electron chi connectivity index (χ1n) is 9.81. The van der Waals surface area contributed by atoms with E-state index >= 15 is 0 Å². The fourth-order valence-electron chi connectivity index (χ4n) is 3.82. The van der Waals surface area contributed by atoms with E-state index in [2.05, 4.69) is 34.5 Å². The molecular formula is C22H27N3O3. The molecule has 4 rings (SSSR count). The zero-order valence-corrected chi connectivity index (χ0v) is 16.3. The minimum Gasteiger partial charge on any atom is -0.454 e. The van der Waals surface area contributed by atoms with Crippen LogP contribution in [-0.2, 0) is 13.1 Å². The average molecular weight is 381 g/mol. The Labute approximate surface area is 166 Å². The summed E-state index contributed by atoms with van der Waals surface area (Å²) in [5.41, 5.74) is 2.37. The Morgan fingerprint density at radius 2 is 1.96 bits per heavy atom. The molecule has 148 valence electrons. The van der Waals surface area contributed by atoms with Crippen LogP contribution in [-0.4, -0.2) is 49.3 Å². The maximum absolute atomic E-state index is 12.5. The predicted octanol–water partition coefficient (Wildman–Crippen LogP) is 3.08. The number of benzene rings is 2. The molecule has 2 aromatic carbocycles. The van der Waals surface area contributed by atoms with E-state index in [0.717, 1.165) is 49.7 Å². The molecule has 2 aliphatic heterocycles. The second-order valence-electron chi connectivity index (χ2n) is 7.61. The van der Waals surface area contributed by atoms with Crippen molar-refractivity contribution in [3.8, 4) is 11.5 Å². The Hall–Kier alpha value is -2.73. The molecule has 2 heterocycles. The van der Waals surface area contributed by atoms with Crippen molar-refractivity contribution in [1.29, 1.82) is 0 Å². The van der Waals surface area contributed by atoms with E-state index in [9.17, 15) is 4.79 Å². The largest absolute Gasteiger partial charge is 0.454 e. The van der Waals surface area contributed by atoms with Crippen molar-refractivity contribution in [3.05, 3.63) is 59.7 Å². The van der Waals surface area contributed by atoms with Crippen molar-refractivity contribution in [2.24, 2.45) is 5.92 Å². The summed E-state index contributed by atoms with van der Waals surface area (Å²) in [5, 5.41) is 3.09. The molecule has 6 heteroatoms. The average Bonchev–Trinajstić information content (AvgIpc) is 3.35. The fourth-order valence-corrected chi connectivity index (χ4v) is 3.82. The standard InChI is InChI=1S/C22H27N3O3/c1-24(13-18-7-8-20-21(11-18)28-16-27-20)22(26)23-12-19-9-10-25(15-19)14-17-5-3-2-4-6-17/h2-8,11,19H,9-10,12-16H2,1H3,(H,23,26)/t19-/m0/s1. The van der Waals surface area contributed by atoms with Crippen molar-refractivity contribution in [2.45, 2.75) is 19.5 Å². The summed E-state index contributed by atoms with van der Waals surface area (Å²) in [4.78, 5) is 16.6. The van der Waals surface area contributed by atoms with Gasteiger partial charge in [0.25, 0.3) is 0 Å². The number of nitrogens with one attached hydrogen (secondary N) is 1. The summed E-state index contributed by atoms with van der Waals surface area (Å²) in [5.74, 6) is 2.01. The monoisotopic (exact) mass is 381 g/mol. The zero-order chi connectivity index (χ0) is 19.3.